The van der Waals surface area contributed by atoms with E-state index in [1.807, 2.05) is 0 Å². The molecule has 0 saturated carbocycles. The van der Waals surface area contributed by atoms with Gasteiger partial charge in [0.05, 0.1) is 0 Å². The fraction of sp³-hybridized carbons (Fsp3) is 0.500. The van der Waals surface area contributed by atoms with Gasteiger partial charge in [-0.15, -0.1) is 0 Å². The van der Waals surface area contributed by atoms with Crippen molar-refractivity contribution in [1.29, 1.82) is 0 Å². The van der Waals surface area contributed by atoms with Crippen molar-refractivity contribution in [3.63, 3.8) is 0 Å². The molecule has 0 unspecified atom stereocenters. The summed E-state index contributed by atoms with van der Waals surface area (Å²) >= 11 is 10.8. The lowest BCUT2D eigenvalue weighted by atomic mass is 10.7. The standard InChI is InChI=1S/C4H5Cl2N3O/c1-2-7-8-4(10)9(2)3(5)6/h3H,1H3,(H,8,10). The molecule has 1 heterocycles. The Hall–Kier alpha value is -0.480. The van der Waals surface area contributed by atoms with Crippen molar-refractivity contribution in [3.05, 3.63) is 16.3 Å². The number of aromatic nitrogens is 3. The molecule has 0 bridgehead atoms. The summed E-state index contributed by atoms with van der Waals surface area (Å²) in [7, 11) is 0. The Kier molecular flexibility index (Phi) is 2.01. The number of hydrogen-bond donors (Lipinski definition) is 1. The van der Waals surface area contributed by atoms with E-state index in [9.17, 15) is 4.79 Å². The summed E-state index contributed by atoms with van der Waals surface area (Å²) in [5.74, 6) is 0.472. The van der Waals surface area contributed by atoms with E-state index in [4.69, 9.17) is 23.2 Å². The molecule has 0 aromatic carbocycles. The first-order valence-electron chi connectivity index (χ1n) is 2.54. The van der Waals surface area contributed by atoms with Crippen LogP contribution in [0, 0.1) is 6.92 Å². The second-order valence-corrected chi connectivity index (χ2v) is 2.77. The van der Waals surface area contributed by atoms with Crippen molar-refractivity contribution in [3.8, 4) is 0 Å². The summed E-state index contributed by atoms with van der Waals surface area (Å²) in [4.78, 5) is 9.89. The van der Waals surface area contributed by atoms with Crippen LogP contribution in [0.3, 0.4) is 0 Å². The Morgan fingerprint density at radius 1 is 1.70 bits per heavy atom. The van der Waals surface area contributed by atoms with Crippen LogP contribution in [0.2, 0.25) is 0 Å². The maximum Gasteiger partial charge on any atom is 0.345 e. The molecule has 10 heavy (non-hydrogen) atoms. The maximum absolute atomic E-state index is 10.8. The molecular formula is C4H5Cl2N3O. The SMILES string of the molecule is Cc1n[nH]c(=O)n1C(Cl)Cl. The lowest BCUT2D eigenvalue weighted by molar-refractivity contribution is 0.775. The van der Waals surface area contributed by atoms with Gasteiger partial charge in [0, 0.05) is 0 Å². The Morgan fingerprint density at radius 2 is 2.30 bits per heavy atom. The van der Waals surface area contributed by atoms with E-state index in [-0.39, 0.29) is 0 Å². The third kappa shape index (κ3) is 1.17. The highest BCUT2D eigenvalue weighted by atomic mass is 35.5. The molecule has 1 N–H and O–H groups in total. The summed E-state index contributed by atoms with van der Waals surface area (Å²) in [6.45, 7) is 1.63. The van der Waals surface area contributed by atoms with E-state index >= 15 is 0 Å². The van der Waals surface area contributed by atoms with Crippen molar-refractivity contribution in [1.82, 2.24) is 14.8 Å². The highest BCUT2D eigenvalue weighted by Crippen LogP contribution is 2.14. The molecular weight excluding hydrogens is 177 g/mol. The first kappa shape index (κ1) is 7.63. The number of nitrogens with one attached hydrogen (secondary N) is 1. The van der Waals surface area contributed by atoms with Gasteiger partial charge < -0.3 is 0 Å². The van der Waals surface area contributed by atoms with E-state index in [1.54, 1.807) is 6.92 Å². The zero-order chi connectivity index (χ0) is 7.72. The minimum Gasteiger partial charge on any atom is -0.248 e. The summed E-state index contributed by atoms with van der Waals surface area (Å²) in [6, 6.07) is 0. The van der Waals surface area contributed by atoms with Crippen molar-refractivity contribution in [2.45, 2.75) is 11.9 Å². The number of H-pyrrole nitrogens is 1. The average molecular weight is 182 g/mol. The molecule has 1 aromatic rings. The molecule has 1 aromatic heterocycles. The molecule has 1 rings (SSSR count). The number of halogens is 2. The van der Waals surface area contributed by atoms with Crippen LogP contribution in [0.15, 0.2) is 4.79 Å². The fourth-order valence-electron chi connectivity index (χ4n) is 0.613. The maximum atomic E-state index is 10.8. The van der Waals surface area contributed by atoms with Crippen LogP contribution in [0.1, 0.15) is 10.8 Å². The molecule has 0 aliphatic rings. The highest BCUT2D eigenvalue weighted by Gasteiger charge is 2.08. The summed E-state index contributed by atoms with van der Waals surface area (Å²) in [6.07, 6.45) is 0. The average Bonchev–Trinajstić information content (AvgIpc) is 2.11. The molecule has 0 aliphatic carbocycles. The first-order chi connectivity index (χ1) is 4.63. The second kappa shape index (κ2) is 2.64. The second-order valence-electron chi connectivity index (χ2n) is 1.72. The van der Waals surface area contributed by atoms with Crippen LogP contribution >= 0.6 is 23.2 Å². The van der Waals surface area contributed by atoms with Gasteiger partial charge in [-0.25, -0.2) is 14.5 Å². The number of hydrogen-bond acceptors (Lipinski definition) is 2. The molecule has 0 amide bonds. The molecule has 0 spiro atoms. The van der Waals surface area contributed by atoms with Gasteiger partial charge in [0.2, 0.25) is 0 Å². The van der Waals surface area contributed by atoms with Crippen molar-refractivity contribution >= 4 is 23.2 Å². The van der Waals surface area contributed by atoms with E-state index < -0.39 is 10.6 Å². The molecule has 0 atom stereocenters. The monoisotopic (exact) mass is 181 g/mol. The van der Waals surface area contributed by atoms with Crippen LogP contribution in [-0.2, 0) is 0 Å². The van der Waals surface area contributed by atoms with Crippen LogP contribution < -0.4 is 5.69 Å². The zero-order valence-electron chi connectivity index (χ0n) is 5.14. The zero-order valence-corrected chi connectivity index (χ0v) is 6.65. The fourth-order valence-corrected chi connectivity index (χ4v) is 1.07. The molecule has 6 heteroatoms. The van der Waals surface area contributed by atoms with E-state index in [2.05, 4.69) is 10.2 Å². The topological polar surface area (TPSA) is 50.7 Å². The van der Waals surface area contributed by atoms with Gasteiger partial charge in [-0.1, -0.05) is 23.2 Å². The van der Waals surface area contributed by atoms with Crippen LogP contribution in [-0.4, -0.2) is 14.8 Å². The molecule has 4 nitrogen and oxygen atoms in total. The van der Waals surface area contributed by atoms with Crippen molar-refractivity contribution < 1.29 is 0 Å². The lowest BCUT2D eigenvalue weighted by Gasteiger charge is -1.99. The van der Waals surface area contributed by atoms with Gasteiger partial charge in [0.1, 0.15) is 5.82 Å². The van der Waals surface area contributed by atoms with Crippen LogP contribution in [0.4, 0.5) is 0 Å². The number of rotatable bonds is 1. The Labute approximate surface area is 66.8 Å². The Bertz CT molecular complexity index is 276. The Balaban J connectivity index is 3.23. The van der Waals surface area contributed by atoms with Gasteiger partial charge in [0.25, 0.3) is 0 Å². The predicted octanol–water partition coefficient (Wildman–Crippen LogP) is 0.814. The van der Waals surface area contributed by atoms with Gasteiger partial charge in [-0.2, -0.15) is 5.10 Å². The summed E-state index contributed by atoms with van der Waals surface area (Å²) < 4.78 is 1.14. The Morgan fingerprint density at radius 3 is 2.50 bits per heavy atom. The minimum absolute atomic E-state index is 0.396. The number of aromatic amines is 1. The van der Waals surface area contributed by atoms with Gasteiger partial charge in [0.15, 0.2) is 4.96 Å². The molecule has 0 saturated heterocycles. The van der Waals surface area contributed by atoms with E-state index in [0.29, 0.717) is 5.82 Å². The molecule has 56 valence electrons. The third-order valence-electron chi connectivity index (χ3n) is 1.08. The smallest absolute Gasteiger partial charge is 0.248 e. The van der Waals surface area contributed by atoms with Gasteiger partial charge >= 0.3 is 5.69 Å². The molecule has 0 fully saturated rings. The van der Waals surface area contributed by atoms with Crippen LogP contribution in [0.5, 0.6) is 0 Å². The number of alkyl halides is 2. The van der Waals surface area contributed by atoms with Crippen molar-refractivity contribution in [2.75, 3.05) is 0 Å². The van der Waals surface area contributed by atoms with Crippen LogP contribution in [0.25, 0.3) is 0 Å². The number of nitrogens with zero attached hydrogens (tertiary/aromatic N) is 2. The quantitative estimate of drug-likeness (QED) is 0.653. The molecule has 0 aliphatic heterocycles. The number of aryl methyl sites for hydroxylation is 1. The van der Waals surface area contributed by atoms with Crippen molar-refractivity contribution in [2.24, 2.45) is 0 Å². The summed E-state index contributed by atoms with van der Waals surface area (Å²) in [5, 5.41) is 5.80. The first-order valence-corrected chi connectivity index (χ1v) is 3.42. The predicted molar refractivity (Wildman–Crippen MR) is 38.3 cm³/mol. The van der Waals surface area contributed by atoms with Gasteiger partial charge in [-0.3, -0.25) is 0 Å². The molecule has 0 radical (unpaired) electrons. The summed E-state index contributed by atoms with van der Waals surface area (Å²) in [5.41, 5.74) is -0.396. The van der Waals surface area contributed by atoms with Gasteiger partial charge in [-0.05, 0) is 6.92 Å². The van der Waals surface area contributed by atoms with E-state index in [1.165, 1.54) is 0 Å². The lowest BCUT2D eigenvalue weighted by Crippen LogP contribution is -2.17. The largest absolute Gasteiger partial charge is 0.345 e. The normalized spacial score (nSPS) is 10.8. The highest BCUT2D eigenvalue weighted by molar-refractivity contribution is 6.42. The minimum atomic E-state index is -0.869. The third-order valence-corrected chi connectivity index (χ3v) is 1.47. The van der Waals surface area contributed by atoms with E-state index in [0.717, 1.165) is 4.57 Å².